The van der Waals surface area contributed by atoms with Gasteiger partial charge in [-0.2, -0.15) is 0 Å². The van der Waals surface area contributed by atoms with Crippen molar-refractivity contribution in [2.24, 2.45) is 5.73 Å². The molecule has 88 valence electrons. The van der Waals surface area contributed by atoms with Gasteiger partial charge in [0.25, 0.3) is 0 Å². The van der Waals surface area contributed by atoms with Crippen molar-refractivity contribution in [2.45, 2.75) is 6.42 Å². The van der Waals surface area contributed by atoms with E-state index in [1.54, 1.807) is 12.4 Å². The fourth-order valence-electron chi connectivity index (χ4n) is 1.63. The number of rotatable bonds is 4. The molecule has 0 spiro atoms. The van der Waals surface area contributed by atoms with Crippen molar-refractivity contribution in [3.05, 3.63) is 48.3 Å². The number of benzene rings is 1. The summed E-state index contributed by atoms with van der Waals surface area (Å²) in [5.41, 5.74) is 7.83. The molecule has 0 saturated carbocycles. The average molecular weight is 228 g/mol. The molecule has 4 heteroatoms. The first-order valence-corrected chi connectivity index (χ1v) is 5.61. The number of nitrogens with two attached hydrogens (primary N) is 1. The first kappa shape index (κ1) is 11.5. The summed E-state index contributed by atoms with van der Waals surface area (Å²) < 4.78 is 0. The second kappa shape index (κ2) is 5.41. The average Bonchev–Trinajstić information content (AvgIpc) is 2.40. The van der Waals surface area contributed by atoms with Crippen LogP contribution in [-0.4, -0.2) is 23.6 Å². The minimum Gasteiger partial charge on any atom is -0.330 e. The van der Waals surface area contributed by atoms with Crippen LogP contribution in [0.3, 0.4) is 0 Å². The van der Waals surface area contributed by atoms with E-state index in [1.807, 2.05) is 18.0 Å². The highest BCUT2D eigenvalue weighted by molar-refractivity contribution is 5.56. The fraction of sp³-hybridized carbons (Fsp3) is 0.231. The molecule has 0 amide bonds. The lowest BCUT2D eigenvalue weighted by atomic mass is 10.1. The largest absolute Gasteiger partial charge is 0.330 e. The lowest BCUT2D eigenvalue weighted by Gasteiger charge is -2.16. The van der Waals surface area contributed by atoms with Gasteiger partial charge in [-0.05, 0) is 36.7 Å². The van der Waals surface area contributed by atoms with Gasteiger partial charge in [-0.3, -0.25) is 0 Å². The lowest BCUT2D eigenvalue weighted by molar-refractivity contribution is 0.967. The van der Waals surface area contributed by atoms with Crippen LogP contribution in [0, 0.1) is 0 Å². The third-order valence-corrected chi connectivity index (χ3v) is 2.61. The lowest BCUT2D eigenvalue weighted by Crippen LogP contribution is -2.12. The van der Waals surface area contributed by atoms with Crippen molar-refractivity contribution in [2.75, 3.05) is 18.5 Å². The standard InChI is InChI=1S/C13H16N4/c1-17(13-15-9-2-10-16-13)12-5-3-11(4-6-12)7-8-14/h2-6,9-10H,7-8,14H2,1H3. The Kier molecular flexibility index (Phi) is 3.67. The van der Waals surface area contributed by atoms with E-state index in [1.165, 1.54) is 5.56 Å². The van der Waals surface area contributed by atoms with Crippen molar-refractivity contribution in [3.63, 3.8) is 0 Å². The molecule has 0 radical (unpaired) electrons. The predicted octanol–water partition coefficient (Wildman–Crippen LogP) is 1.75. The topological polar surface area (TPSA) is 55.0 Å². The summed E-state index contributed by atoms with van der Waals surface area (Å²) >= 11 is 0. The Morgan fingerprint density at radius 3 is 2.35 bits per heavy atom. The van der Waals surface area contributed by atoms with E-state index >= 15 is 0 Å². The molecule has 4 nitrogen and oxygen atoms in total. The second-order valence-corrected chi connectivity index (χ2v) is 3.81. The Morgan fingerprint density at radius 2 is 1.76 bits per heavy atom. The zero-order valence-electron chi connectivity index (χ0n) is 9.87. The third-order valence-electron chi connectivity index (χ3n) is 2.61. The zero-order valence-corrected chi connectivity index (χ0v) is 9.87. The van der Waals surface area contributed by atoms with Gasteiger partial charge in [0.1, 0.15) is 0 Å². The van der Waals surface area contributed by atoms with Crippen LogP contribution in [0.25, 0.3) is 0 Å². The van der Waals surface area contributed by atoms with Crippen molar-refractivity contribution < 1.29 is 0 Å². The molecule has 1 heterocycles. The van der Waals surface area contributed by atoms with Crippen molar-refractivity contribution in [3.8, 4) is 0 Å². The minimum atomic E-state index is 0.678. The maximum atomic E-state index is 5.52. The molecule has 1 aromatic heterocycles. The van der Waals surface area contributed by atoms with E-state index in [0.717, 1.165) is 12.1 Å². The van der Waals surface area contributed by atoms with Gasteiger partial charge in [0.15, 0.2) is 0 Å². The van der Waals surface area contributed by atoms with Crippen molar-refractivity contribution in [1.29, 1.82) is 0 Å². The van der Waals surface area contributed by atoms with Crippen LogP contribution < -0.4 is 10.6 Å². The molecule has 0 aliphatic heterocycles. The van der Waals surface area contributed by atoms with Gasteiger partial charge < -0.3 is 10.6 Å². The maximum Gasteiger partial charge on any atom is 0.229 e. The minimum absolute atomic E-state index is 0.678. The second-order valence-electron chi connectivity index (χ2n) is 3.81. The van der Waals surface area contributed by atoms with E-state index in [0.29, 0.717) is 12.5 Å². The predicted molar refractivity (Wildman–Crippen MR) is 69.3 cm³/mol. The molecule has 2 N–H and O–H groups in total. The molecule has 2 aromatic rings. The Hall–Kier alpha value is -1.94. The van der Waals surface area contributed by atoms with Gasteiger partial charge in [-0.15, -0.1) is 0 Å². The van der Waals surface area contributed by atoms with Crippen LogP contribution >= 0.6 is 0 Å². The van der Waals surface area contributed by atoms with Crippen molar-refractivity contribution in [1.82, 2.24) is 9.97 Å². The molecule has 0 aliphatic carbocycles. The number of nitrogens with zero attached hydrogens (tertiary/aromatic N) is 3. The molecule has 0 saturated heterocycles. The van der Waals surface area contributed by atoms with E-state index in [2.05, 4.69) is 34.2 Å². The van der Waals surface area contributed by atoms with Crippen LogP contribution in [-0.2, 0) is 6.42 Å². The highest BCUT2D eigenvalue weighted by Crippen LogP contribution is 2.19. The van der Waals surface area contributed by atoms with Gasteiger partial charge in [0, 0.05) is 25.1 Å². The van der Waals surface area contributed by atoms with E-state index in [-0.39, 0.29) is 0 Å². The molecule has 0 aliphatic rings. The quantitative estimate of drug-likeness (QED) is 0.866. The molecular weight excluding hydrogens is 212 g/mol. The van der Waals surface area contributed by atoms with Gasteiger partial charge in [-0.1, -0.05) is 12.1 Å². The van der Waals surface area contributed by atoms with Gasteiger partial charge >= 0.3 is 0 Å². The van der Waals surface area contributed by atoms with Gasteiger partial charge in [0.05, 0.1) is 0 Å². The summed E-state index contributed by atoms with van der Waals surface area (Å²) in [5.74, 6) is 0.694. The van der Waals surface area contributed by atoms with Gasteiger partial charge in [0.2, 0.25) is 5.95 Å². The van der Waals surface area contributed by atoms with Gasteiger partial charge in [-0.25, -0.2) is 9.97 Å². The van der Waals surface area contributed by atoms with E-state index < -0.39 is 0 Å². The summed E-state index contributed by atoms with van der Waals surface area (Å²) in [6.45, 7) is 0.678. The first-order valence-electron chi connectivity index (χ1n) is 5.61. The van der Waals surface area contributed by atoms with Crippen LogP contribution in [0.5, 0.6) is 0 Å². The summed E-state index contributed by atoms with van der Waals surface area (Å²) in [6.07, 6.45) is 4.38. The monoisotopic (exact) mass is 228 g/mol. The third kappa shape index (κ3) is 2.79. The number of hydrogen-bond donors (Lipinski definition) is 1. The molecule has 1 aromatic carbocycles. The summed E-state index contributed by atoms with van der Waals surface area (Å²) in [7, 11) is 1.95. The highest BCUT2D eigenvalue weighted by atomic mass is 15.2. The highest BCUT2D eigenvalue weighted by Gasteiger charge is 2.05. The summed E-state index contributed by atoms with van der Waals surface area (Å²) in [6, 6.07) is 10.1. The van der Waals surface area contributed by atoms with E-state index in [9.17, 15) is 0 Å². The molecule has 2 rings (SSSR count). The molecule has 17 heavy (non-hydrogen) atoms. The van der Waals surface area contributed by atoms with Crippen LogP contribution in [0.1, 0.15) is 5.56 Å². The number of anilines is 2. The maximum absolute atomic E-state index is 5.52. The summed E-state index contributed by atoms with van der Waals surface area (Å²) in [4.78, 5) is 10.4. The summed E-state index contributed by atoms with van der Waals surface area (Å²) in [5, 5.41) is 0. The Morgan fingerprint density at radius 1 is 1.12 bits per heavy atom. The number of hydrogen-bond acceptors (Lipinski definition) is 4. The van der Waals surface area contributed by atoms with Crippen LogP contribution in [0.15, 0.2) is 42.7 Å². The van der Waals surface area contributed by atoms with Crippen molar-refractivity contribution >= 4 is 11.6 Å². The fourth-order valence-corrected chi connectivity index (χ4v) is 1.63. The molecule has 0 fully saturated rings. The normalized spacial score (nSPS) is 10.2. The zero-order chi connectivity index (χ0) is 12.1. The molecule has 0 atom stereocenters. The SMILES string of the molecule is CN(c1ccc(CCN)cc1)c1ncccn1. The Bertz CT molecular complexity index is 453. The smallest absolute Gasteiger partial charge is 0.229 e. The molecular formula is C13H16N4. The van der Waals surface area contributed by atoms with Crippen LogP contribution in [0.2, 0.25) is 0 Å². The Labute approximate surface area is 101 Å². The Balaban J connectivity index is 2.17. The van der Waals surface area contributed by atoms with Crippen LogP contribution in [0.4, 0.5) is 11.6 Å². The first-order chi connectivity index (χ1) is 8.31. The molecule has 0 bridgehead atoms. The van der Waals surface area contributed by atoms with E-state index in [4.69, 9.17) is 5.73 Å². The number of aromatic nitrogens is 2. The molecule has 0 unspecified atom stereocenters.